The van der Waals surface area contributed by atoms with Crippen LogP contribution in [0.15, 0.2) is 60.9 Å². The molecule has 0 unspecified atom stereocenters. The van der Waals surface area contributed by atoms with Crippen molar-refractivity contribution in [3.8, 4) is 33.9 Å². The van der Waals surface area contributed by atoms with Crippen molar-refractivity contribution in [2.75, 3.05) is 18.0 Å². The average molecular weight is 425 g/mol. The van der Waals surface area contributed by atoms with Gasteiger partial charge in [-0.3, -0.25) is 10.1 Å². The summed E-state index contributed by atoms with van der Waals surface area (Å²) in [6.45, 7) is 6.09. The fourth-order valence-electron chi connectivity index (χ4n) is 4.53. The molecule has 6 nitrogen and oxygen atoms in total. The van der Waals surface area contributed by atoms with Gasteiger partial charge in [0.2, 0.25) is 0 Å². The van der Waals surface area contributed by atoms with E-state index in [9.17, 15) is 0 Å². The zero-order valence-electron chi connectivity index (χ0n) is 18.5. The number of nitrogens with two attached hydrogens (primary N) is 1. The standard InChI is InChI=1S/C26H28N6/c1-17-12-18(2)14-20(13-17)22-15-28-16-23(24(22)32-10-8-21(27)9-11-32)26-29-25(30-31-26)19-6-4-3-5-7-19/h3-7,12-16,21H,8-11,27H2,1-2H3,(H,29,30,31). The van der Waals surface area contributed by atoms with E-state index in [1.54, 1.807) is 0 Å². The third-order valence-corrected chi connectivity index (χ3v) is 6.08. The van der Waals surface area contributed by atoms with Crippen molar-refractivity contribution in [1.82, 2.24) is 20.2 Å². The van der Waals surface area contributed by atoms with Gasteiger partial charge in [-0.15, -0.1) is 0 Å². The molecule has 162 valence electrons. The van der Waals surface area contributed by atoms with Crippen LogP contribution in [0.3, 0.4) is 0 Å². The average Bonchev–Trinajstić information content (AvgIpc) is 3.29. The summed E-state index contributed by atoms with van der Waals surface area (Å²) in [6.07, 6.45) is 5.81. The Labute approximate surface area is 188 Å². The van der Waals surface area contributed by atoms with Crippen LogP contribution >= 0.6 is 0 Å². The molecular weight excluding hydrogens is 396 g/mol. The quantitative estimate of drug-likeness (QED) is 0.494. The molecule has 0 spiro atoms. The molecule has 3 heterocycles. The van der Waals surface area contributed by atoms with E-state index in [-0.39, 0.29) is 6.04 Å². The van der Waals surface area contributed by atoms with Crippen molar-refractivity contribution in [3.05, 3.63) is 72.1 Å². The molecule has 1 fully saturated rings. The van der Waals surface area contributed by atoms with Gasteiger partial charge in [-0.05, 0) is 32.3 Å². The minimum Gasteiger partial charge on any atom is -0.370 e. The zero-order valence-corrected chi connectivity index (χ0v) is 18.5. The molecule has 1 saturated heterocycles. The lowest BCUT2D eigenvalue weighted by molar-refractivity contribution is 0.501. The molecule has 0 bridgehead atoms. The van der Waals surface area contributed by atoms with E-state index in [0.29, 0.717) is 5.82 Å². The summed E-state index contributed by atoms with van der Waals surface area (Å²) in [4.78, 5) is 11.9. The molecule has 0 radical (unpaired) electrons. The Kier molecular flexibility index (Phi) is 5.45. The lowest BCUT2D eigenvalue weighted by atomic mass is 9.96. The highest BCUT2D eigenvalue weighted by atomic mass is 15.2. The number of nitrogens with one attached hydrogen (secondary N) is 1. The maximum Gasteiger partial charge on any atom is 0.181 e. The second kappa shape index (κ2) is 8.55. The number of piperidine rings is 1. The first-order valence-electron chi connectivity index (χ1n) is 11.1. The van der Waals surface area contributed by atoms with Gasteiger partial charge in [-0.25, -0.2) is 4.98 Å². The zero-order chi connectivity index (χ0) is 22.1. The number of pyridine rings is 1. The Morgan fingerprint density at radius 2 is 1.59 bits per heavy atom. The van der Waals surface area contributed by atoms with Gasteiger partial charge in [0, 0.05) is 42.7 Å². The molecule has 2 aromatic heterocycles. The number of benzene rings is 2. The van der Waals surface area contributed by atoms with Crippen LogP contribution in [0.2, 0.25) is 0 Å². The molecule has 6 heteroatoms. The summed E-state index contributed by atoms with van der Waals surface area (Å²) in [5, 5.41) is 7.65. The minimum absolute atomic E-state index is 0.260. The molecule has 2 aromatic carbocycles. The van der Waals surface area contributed by atoms with Gasteiger partial charge >= 0.3 is 0 Å². The van der Waals surface area contributed by atoms with Crippen molar-refractivity contribution in [1.29, 1.82) is 0 Å². The second-order valence-corrected chi connectivity index (χ2v) is 8.66. The molecule has 3 N–H and O–H groups in total. The summed E-state index contributed by atoms with van der Waals surface area (Å²) in [5.74, 6) is 1.41. The lowest BCUT2D eigenvalue weighted by Gasteiger charge is -2.34. The predicted molar refractivity (Wildman–Crippen MR) is 129 cm³/mol. The Morgan fingerprint density at radius 3 is 2.31 bits per heavy atom. The number of H-pyrrole nitrogens is 1. The molecule has 0 saturated carbocycles. The van der Waals surface area contributed by atoms with Gasteiger partial charge in [-0.2, -0.15) is 5.10 Å². The Balaban J connectivity index is 1.65. The predicted octanol–water partition coefficient (Wildman–Crippen LogP) is 4.75. The van der Waals surface area contributed by atoms with E-state index < -0.39 is 0 Å². The van der Waals surface area contributed by atoms with Crippen LogP contribution in [0, 0.1) is 13.8 Å². The van der Waals surface area contributed by atoms with E-state index in [2.05, 4.69) is 52.1 Å². The van der Waals surface area contributed by atoms with Crippen LogP contribution in [0.1, 0.15) is 24.0 Å². The van der Waals surface area contributed by atoms with Gasteiger partial charge in [0.1, 0.15) is 0 Å². The second-order valence-electron chi connectivity index (χ2n) is 8.66. The summed E-state index contributed by atoms with van der Waals surface area (Å²) < 4.78 is 0. The first-order valence-corrected chi connectivity index (χ1v) is 11.1. The monoisotopic (exact) mass is 424 g/mol. The van der Waals surface area contributed by atoms with E-state index in [4.69, 9.17) is 10.7 Å². The van der Waals surface area contributed by atoms with E-state index in [1.165, 1.54) is 16.7 Å². The first-order chi connectivity index (χ1) is 15.6. The number of nitrogens with zero attached hydrogens (tertiary/aromatic N) is 4. The van der Waals surface area contributed by atoms with Crippen molar-refractivity contribution < 1.29 is 0 Å². The van der Waals surface area contributed by atoms with Crippen LogP contribution in [0.4, 0.5) is 5.69 Å². The molecule has 32 heavy (non-hydrogen) atoms. The Morgan fingerprint density at radius 1 is 0.906 bits per heavy atom. The number of hydrogen-bond donors (Lipinski definition) is 2. The highest BCUT2D eigenvalue weighted by Crippen LogP contribution is 2.39. The maximum absolute atomic E-state index is 6.21. The third kappa shape index (κ3) is 4.01. The van der Waals surface area contributed by atoms with E-state index >= 15 is 0 Å². The van der Waals surface area contributed by atoms with Gasteiger partial charge < -0.3 is 10.6 Å². The largest absolute Gasteiger partial charge is 0.370 e. The van der Waals surface area contributed by atoms with Gasteiger partial charge in [0.15, 0.2) is 11.6 Å². The molecule has 0 atom stereocenters. The molecule has 1 aliphatic rings. The summed E-state index contributed by atoms with van der Waals surface area (Å²) in [5.41, 5.74) is 14.1. The van der Waals surface area contributed by atoms with Crippen LogP contribution < -0.4 is 10.6 Å². The minimum atomic E-state index is 0.260. The summed E-state index contributed by atoms with van der Waals surface area (Å²) >= 11 is 0. The number of hydrogen-bond acceptors (Lipinski definition) is 5. The van der Waals surface area contributed by atoms with Crippen molar-refractivity contribution >= 4 is 5.69 Å². The fourth-order valence-corrected chi connectivity index (χ4v) is 4.53. The Hall–Kier alpha value is -3.51. The molecule has 1 aliphatic heterocycles. The van der Waals surface area contributed by atoms with Crippen molar-refractivity contribution in [2.45, 2.75) is 32.7 Å². The van der Waals surface area contributed by atoms with Crippen molar-refractivity contribution in [3.63, 3.8) is 0 Å². The van der Waals surface area contributed by atoms with Crippen LogP contribution in [0.5, 0.6) is 0 Å². The summed E-state index contributed by atoms with van der Waals surface area (Å²) in [7, 11) is 0. The van der Waals surface area contributed by atoms with E-state index in [1.807, 2.05) is 42.7 Å². The molecule has 5 rings (SSSR count). The molecule has 4 aromatic rings. The fraction of sp³-hybridized carbons (Fsp3) is 0.269. The number of aromatic amines is 1. The maximum atomic E-state index is 6.21. The first kappa shape index (κ1) is 20.4. The molecule has 0 aliphatic carbocycles. The number of rotatable bonds is 4. The Bertz CT molecular complexity index is 1200. The highest BCUT2D eigenvalue weighted by molar-refractivity contribution is 5.89. The smallest absolute Gasteiger partial charge is 0.181 e. The SMILES string of the molecule is Cc1cc(C)cc(-c2cncc(-c3nc(-c4ccccc4)n[nH]3)c2N2CCC(N)CC2)c1. The van der Waals surface area contributed by atoms with E-state index in [0.717, 1.165) is 54.1 Å². The highest BCUT2D eigenvalue weighted by Gasteiger charge is 2.24. The van der Waals surface area contributed by atoms with Crippen LogP contribution in [0.25, 0.3) is 33.9 Å². The number of aromatic nitrogens is 4. The van der Waals surface area contributed by atoms with Crippen LogP contribution in [-0.2, 0) is 0 Å². The number of aryl methyl sites for hydroxylation is 2. The van der Waals surface area contributed by atoms with Crippen molar-refractivity contribution in [2.24, 2.45) is 5.73 Å². The van der Waals surface area contributed by atoms with Gasteiger partial charge in [-0.1, -0.05) is 59.7 Å². The lowest BCUT2D eigenvalue weighted by Crippen LogP contribution is -2.40. The van der Waals surface area contributed by atoms with Gasteiger partial charge in [0.05, 0.1) is 11.3 Å². The summed E-state index contributed by atoms with van der Waals surface area (Å²) in [6, 6.07) is 16.9. The normalized spacial score (nSPS) is 14.7. The third-order valence-electron chi connectivity index (χ3n) is 6.08. The van der Waals surface area contributed by atoms with Gasteiger partial charge in [0.25, 0.3) is 0 Å². The number of anilines is 1. The molecular formula is C26H28N6. The molecule has 0 amide bonds. The topological polar surface area (TPSA) is 83.7 Å². The van der Waals surface area contributed by atoms with Crippen LogP contribution in [-0.4, -0.2) is 39.3 Å².